The van der Waals surface area contributed by atoms with Crippen molar-refractivity contribution in [3.05, 3.63) is 47.5 Å². The van der Waals surface area contributed by atoms with Gasteiger partial charge in [0.05, 0.1) is 36.4 Å². The standard InChI is InChI=1S/C12H10N4O2/c1-18-11-4-8-9(14-6-15-12(8)17)5-10(11)16-3-2-13-7-16/h2-7H,1H3,(H,14,15,17). The second kappa shape index (κ2) is 3.99. The molecule has 0 radical (unpaired) electrons. The second-order valence-corrected chi connectivity index (χ2v) is 3.74. The number of hydrogen-bond donors (Lipinski definition) is 1. The molecule has 18 heavy (non-hydrogen) atoms. The van der Waals surface area contributed by atoms with Crippen LogP contribution in [-0.4, -0.2) is 26.6 Å². The van der Waals surface area contributed by atoms with Gasteiger partial charge in [-0.3, -0.25) is 4.79 Å². The van der Waals surface area contributed by atoms with Crippen LogP contribution >= 0.6 is 0 Å². The number of H-pyrrole nitrogens is 1. The summed E-state index contributed by atoms with van der Waals surface area (Å²) in [4.78, 5) is 22.3. The summed E-state index contributed by atoms with van der Waals surface area (Å²) in [5.74, 6) is 0.596. The maximum Gasteiger partial charge on any atom is 0.258 e. The van der Waals surface area contributed by atoms with Gasteiger partial charge < -0.3 is 14.3 Å². The zero-order chi connectivity index (χ0) is 12.5. The number of nitrogens with zero attached hydrogens (tertiary/aromatic N) is 3. The fourth-order valence-electron chi connectivity index (χ4n) is 1.85. The molecule has 2 heterocycles. The lowest BCUT2D eigenvalue weighted by atomic mass is 10.2. The predicted molar refractivity (Wildman–Crippen MR) is 66.0 cm³/mol. The number of nitrogens with one attached hydrogen (secondary N) is 1. The van der Waals surface area contributed by atoms with E-state index >= 15 is 0 Å². The maximum absolute atomic E-state index is 11.7. The van der Waals surface area contributed by atoms with Crippen molar-refractivity contribution in [2.75, 3.05) is 7.11 Å². The molecule has 0 saturated carbocycles. The summed E-state index contributed by atoms with van der Waals surface area (Å²) in [5, 5.41) is 0.498. The minimum Gasteiger partial charge on any atom is -0.495 e. The summed E-state index contributed by atoms with van der Waals surface area (Å²) < 4.78 is 7.11. The van der Waals surface area contributed by atoms with Gasteiger partial charge in [0.1, 0.15) is 5.75 Å². The highest BCUT2D eigenvalue weighted by molar-refractivity contribution is 5.82. The number of rotatable bonds is 2. The zero-order valence-electron chi connectivity index (χ0n) is 9.62. The fourth-order valence-corrected chi connectivity index (χ4v) is 1.85. The molecule has 0 unspecified atom stereocenters. The van der Waals surface area contributed by atoms with Gasteiger partial charge in [0.2, 0.25) is 0 Å². The van der Waals surface area contributed by atoms with E-state index in [1.165, 1.54) is 6.33 Å². The SMILES string of the molecule is COc1cc2c(=O)[nH]cnc2cc1-n1ccnc1. The monoisotopic (exact) mass is 242 g/mol. The molecular formula is C12H10N4O2. The summed E-state index contributed by atoms with van der Waals surface area (Å²) in [7, 11) is 1.56. The van der Waals surface area contributed by atoms with Crippen LogP contribution in [0.5, 0.6) is 5.75 Å². The molecule has 6 nitrogen and oxygen atoms in total. The van der Waals surface area contributed by atoms with Gasteiger partial charge in [0.15, 0.2) is 0 Å². The Kier molecular flexibility index (Phi) is 2.33. The largest absolute Gasteiger partial charge is 0.495 e. The topological polar surface area (TPSA) is 72.8 Å². The first-order valence-corrected chi connectivity index (χ1v) is 5.33. The molecule has 0 bridgehead atoms. The molecule has 0 amide bonds. The normalized spacial score (nSPS) is 10.7. The first kappa shape index (κ1) is 10.5. The summed E-state index contributed by atoms with van der Waals surface area (Å²) in [6.07, 6.45) is 6.53. The summed E-state index contributed by atoms with van der Waals surface area (Å²) in [6, 6.07) is 3.47. The highest BCUT2D eigenvalue weighted by Crippen LogP contribution is 2.26. The molecule has 6 heteroatoms. The van der Waals surface area contributed by atoms with Crippen molar-refractivity contribution in [2.45, 2.75) is 0 Å². The third-order valence-corrected chi connectivity index (χ3v) is 2.72. The van der Waals surface area contributed by atoms with Crippen molar-refractivity contribution in [3.8, 4) is 11.4 Å². The highest BCUT2D eigenvalue weighted by Gasteiger charge is 2.09. The van der Waals surface area contributed by atoms with Gasteiger partial charge in [0.25, 0.3) is 5.56 Å². The highest BCUT2D eigenvalue weighted by atomic mass is 16.5. The molecular weight excluding hydrogens is 232 g/mol. The number of imidazole rings is 1. The number of aromatic nitrogens is 4. The van der Waals surface area contributed by atoms with Crippen LogP contribution in [0.25, 0.3) is 16.6 Å². The van der Waals surface area contributed by atoms with Crippen molar-refractivity contribution < 1.29 is 4.74 Å². The third-order valence-electron chi connectivity index (χ3n) is 2.72. The summed E-state index contributed by atoms with van der Waals surface area (Å²) in [5.41, 5.74) is 1.22. The van der Waals surface area contributed by atoms with Gasteiger partial charge >= 0.3 is 0 Å². The van der Waals surface area contributed by atoms with Crippen LogP contribution in [0, 0.1) is 0 Å². The molecule has 1 N–H and O–H groups in total. The van der Waals surface area contributed by atoms with Gasteiger partial charge in [-0.05, 0) is 12.1 Å². The third kappa shape index (κ3) is 1.55. The molecule has 2 aromatic heterocycles. The van der Waals surface area contributed by atoms with Crippen LogP contribution < -0.4 is 10.3 Å². The Hall–Kier alpha value is -2.63. The second-order valence-electron chi connectivity index (χ2n) is 3.74. The van der Waals surface area contributed by atoms with E-state index < -0.39 is 0 Å². The van der Waals surface area contributed by atoms with Gasteiger partial charge in [-0.1, -0.05) is 0 Å². The molecule has 0 fully saturated rings. The van der Waals surface area contributed by atoms with Crippen molar-refractivity contribution in [1.29, 1.82) is 0 Å². The zero-order valence-corrected chi connectivity index (χ0v) is 9.62. The van der Waals surface area contributed by atoms with Crippen LogP contribution in [0.15, 0.2) is 42.0 Å². The minimum atomic E-state index is -0.185. The van der Waals surface area contributed by atoms with Crippen molar-refractivity contribution in [3.63, 3.8) is 0 Å². The number of benzene rings is 1. The van der Waals surface area contributed by atoms with E-state index in [2.05, 4.69) is 15.0 Å². The Balaban J connectivity index is 2.36. The lowest BCUT2D eigenvalue weighted by Crippen LogP contribution is -2.07. The van der Waals surface area contributed by atoms with Crippen LogP contribution in [0.4, 0.5) is 0 Å². The van der Waals surface area contributed by atoms with Crippen molar-refractivity contribution in [2.24, 2.45) is 0 Å². The first-order valence-electron chi connectivity index (χ1n) is 5.33. The molecule has 3 rings (SSSR count). The number of methoxy groups -OCH3 is 1. The minimum absolute atomic E-state index is 0.185. The van der Waals surface area contributed by atoms with Crippen molar-refractivity contribution in [1.82, 2.24) is 19.5 Å². The molecule has 0 spiro atoms. The molecule has 0 atom stereocenters. The van der Waals surface area contributed by atoms with E-state index in [9.17, 15) is 4.79 Å². The fraction of sp³-hybridized carbons (Fsp3) is 0.0833. The van der Waals surface area contributed by atoms with E-state index in [1.54, 1.807) is 42.5 Å². The van der Waals surface area contributed by atoms with Crippen LogP contribution in [0.2, 0.25) is 0 Å². The number of aromatic amines is 1. The molecule has 3 aromatic rings. The van der Waals surface area contributed by atoms with E-state index in [-0.39, 0.29) is 5.56 Å². The average molecular weight is 242 g/mol. The van der Waals surface area contributed by atoms with E-state index in [4.69, 9.17) is 4.74 Å². The van der Waals surface area contributed by atoms with E-state index in [0.717, 1.165) is 5.69 Å². The molecule has 90 valence electrons. The predicted octanol–water partition coefficient (Wildman–Crippen LogP) is 1.12. The Morgan fingerprint density at radius 1 is 1.39 bits per heavy atom. The summed E-state index contributed by atoms with van der Waals surface area (Å²) >= 11 is 0. The Labute approximate surface area is 102 Å². The van der Waals surface area contributed by atoms with Crippen LogP contribution in [-0.2, 0) is 0 Å². The molecule has 1 aromatic carbocycles. The van der Waals surface area contributed by atoms with Gasteiger partial charge in [-0.2, -0.15) is 0 Å². The molecule has 0 aliphatic rings. The van der Waals surface area contributed by atoms with Gasteiger partial charge in [-0.15, -0.1) is 0 Å². The number of ether oxygens (including phenoxy) is 1. The smallest absolute Gasteiger partial charge is 0.258 e. The van der Waals surface area contributed by atoms with E-state index in [1.807, 2.05) is 0 Å². The Morgan fingerprint density at radius 2 is 2.28 bits per heavy atom. The van der Waals surface area contributed by atoms with E-state index in [0.29, 0.717) is 16.7 Å². The van der Waals surface area contributed by atoms with Crippen LogP contribution in [0.3, 0.4) is 0 Å². The first-order chi connectivity index (χ1) is 8.79. The Morgan fingerprint density at radius 3 is 3.00 bits per heavy atom. The average Bonchev–Trinajstić information content (AvgIpc) is 2.91. The lowest BCUT2D eigenvalue weighted by Gasteiger charge is -2.09. The lowest BCUT2D eigenvalue weighted by molar-refractivity contribution is 0.413. The van der Waals surface area contributed by atoms with Gasteiger partial charge in [0, 0.05) is 12.4 Å². The quantitative estimate of drug-likeness (QED) is 0.730. The van der Waals surface area contributed by atoms with Crippen LogP contribution in [0.1, 0.15) is 0 Å². The molecule has 0 saturated heterocycles. The number of fused-ring (bicyclic) bond motifs is 1. The number of hydrogen-bond acceptors (Lipinski definition) is 4. The molecule has 0 aliphatic heterocycles. The van der Waals surface area contributed by atoms with Gasteiger partial charge in [-0.25, -0.2) is 9.97 Å². The maximum atomic E-state index is 11.7. The van der Waals surface area contributed by atoms with Crippen molar-refractivity contribution >= 4 is 10.9 Å². The summed E-state index contributed by atoms with van der Waals surface area (Å²) in [6.45, 7) is 0. The Bertz CT molecular complexity index is 746. The molecule has 0 aliphatic carbocycles.